The van der Waals surface area contributed by atoms with Gasteiger partial charge in [0.25, 0.3) is 0 Å². The number of imide groups is 1. The second-order valence-electron chi connectivity index (χ2n) is 8.02. The van der Waals surface area contributed by atoms with E-state index in [-0.39, 0.29) is 35.5 Å². The van der Waals surface area contributed by atoms with E-state index in [9.17, 15) is 9.59 Å². The van der Waals surface area contributed by atoms with Crippen molar-refractivity contribution in [2.24, 2.45) is 23.7 Å². The number of carbonyl (C=O) groups excluding carboxylic acids is 2. The molecule has 2 heterocycles. The van der Waals surface area contributed by atoms with E-state index in [4.69, 9.17) is 16.6 Å². The first-order valence-corrected chi connectivity index (χ1v) is 12.1. The Bertz CT molecular complexity index is 1210. The van der Waals surface area contributed by atoms with Gasteiger partial charge < -0.3 is 0 Å². The summed E-state index contributed by atoms with van der Waals surface area (Å²) in [6.07, 6.45) is 5.19. The third-order valence-corrected chi connectivity index (χ3v) is 8.97. The third kappa shape index (κ3) is 2.77. The Labute approximate surface area is 186 Å². The van der Waals surface area contributed by atoms with Crippen molar-refractivity contribution in [2.45, 2.75) is 16.5 Å². The fourth-order valence-electron chi connectivity index (χ4n) is 5.00. The van der Waals surface area contributed by atoms with E-state index in [1.165, 1.54) is 4.90 Å². The SMILES string of the molecule is O=C1[C@@H]2[C@H](C(=O)N1c1ccc3nc(SCc4ccccc4Cl)sc3c1)[C@H]1C=C[C@H]2C1. The molecule has 0 radical (unpaired) electrons. The molecule has 3 aromatic rings. The van der Waals surface area contributed by atoms with Gasteiger partial charge >= 0.3 is 0 Å². The van der Waals surface area contributed by atoms with Gasteiger partial charge in [0, 0.05) is 10.8 Å². The molecule has 2 aliphatic carbocycles. The quantitative estimate of drug-likeness (QED) is 0.295. The highest BCUT2D eigenvalue weighted by molar-refractivity contribution is 8.00. The van der Waals surface area contributed by atoms with Crippen LogP contribution in [0.4, 0.5) is 5.69 Å². The number of aromatic nitrogens is 1. The summed E-state index contributed by atoms with van der Waals surface area (Å²) in [6, 6.07) is 13.5. The maximum atomic E-state index is 13.1. The number of hydrogen-bond acceptors (Lipinski definition) is 5. The van der Waals surface area contributed by atoms with Crippen LogP contribution in [0.3, 0.4) is 0 Å². The predicted molar refractivity (Wildman–Crippen MR) is 121 cm³/mol. The molecule has 0 unspecified atom stereocenters. The summed E-state index contributed by atoms with van der Waals surface area (Å²) in [7, 11) is 0. The second-order valence-corrected chi connectivity index (χ2v) is 10.7. The first kappa shape index (κ1) is 18.6. The minimum atomic E-state index is -0.175. The van der Waals surface area contributed by atoms with Crippen LogP contribution in [0.5, 0.6) is 0 Å². The summed E-state index contributed by atoms with van der Waals surface area (Å²) in [5.74, 6) is 0.757. The van der Waals surface area contributed by atoms with Gasteiger partial charge in [-0.25, -0.2) is 9.88 Å². The van der Waals surface area contributed by atoms with E-state index in [1.54, 1.807) is 23.1 Å². The summed E-state index contributed by atoms with van der Waals surface area (Å²) in [5, 5.41) is 0.758. The summed E-state index contributed by atoms with van der Waals surface area (Å²) in [6.45, 7) is 0. The molecule has 2 bridgehead atoms. The van der Waals surface area contributed by atoms with Gasteiger partial charge in [0.05, 0.1) is 27.7 Å². The number of anilines is 1. The lowest BCUT2D eigenvalue weighted by molar-refractivity contribution is -0.123. The van der Waals surface area contributed by atoms with Crippen molar-refractivity contribution in [1.29, 1.82) is 0 Å². The number of thiazole rings is 1. The van der Waals surface area contributed by atoms with Crippen LogP contribution in [0, 0.1) is 23.7 Å². The van der Waals surface area contributed by atoms with Crippen molar-refractivity contribution in [3.8, 4) is 0 Å². The zero-order valence-corrected chi connectivity index (χ0v) is 18.2. The number of nitrogens with zero attached hydrogens (tertiary/aromatic N) is 2. The maximum absolute atomic E-state index is 13.1. The summed E-state index contributed by atoms with van der Waals surface area (Å²) >= 11 is 9.47. The molecule has 30 heavy (non-hydrogen) atoms. The molecule has 3 aliphatic rings. The molecular formula is C23H17ClN2O2S2. The third-order valence-electron chi connectivity index (χ3n) is 6.39. The number of fused-ring (bicyclic) bond motifs is 6. The minimum Gasteiger partial charge on any atom is -0.274 e. The zero-order valence-electron chi connectivity index (χ0n) is 15.8. The fraction of sp³-hybridized carbons (Fsp3) is 0.261. The topological polar surface area (TPSA) is 50.3 Å². The summed E-state index contributed by atoms with van der Waals surface area (Å²) in [5.41, 5.74) is 2.62. The molecule has 4 atom stereocenters. The van der Waals surface area contributed by atoms with Crippen molar-refractivity contribution < 1.29 is 9.59 Å². The van der Waals surface area contributed by atoms with Crippen molar-refractivity contribution in [2.75, 3.05) is 4.90 Å². The highest BCUT2D eigenvalue weighted by Gasteiger charge is 2.59. The molecule has 7 heteroatoms. The average molecular weight is 453 g/mol. The molecular weight excluding hydrogens is 436 g/mol. The highest BCUT2D eigenvalue weighted by Crippen LogP contribution is 2.53. The first-order chi connectivity index (χ1) is 14.6. The van der Waals surface area contributed by atoms with Gasteiger partial charge in [0.1, 0.15) is 0 Å². The first-order valence-electron chi connectivity index (χ1n) is 9.93. The molecule has 2 aromatic carbocycles. The Morgan fingerprint density at radius 3 is 2.53 bits per heavy atom. The predicted octanol–water partition coefficient (Wildman–Crippen LogP) is 5.55. The van der Waals surface area contributed by atoms with Crippen LogP contribution in [-0.2, 0) is 15.3 Å². The van der Waals surface area contributed by atoms with Crippen LogP contribution < -0.4 is 4.90 Å². The van der Waals surface area contributed by atoms with Crippen molar-refractivity contribution in [3.63, 3.8) is 0 Å². The molecule has 4 nitrogen and oxygen atoms in total. The molecule has 6 rings (SSSR count). The number of halogens is 1. The van der Waals surface area contributed by atoms with E-state index in [2.05, 4.69) is 12.2 Å². The molecule has 1 saturated carbocycles. The number of thioether (sulfide) groups is 1. The van der Waals surface area contributed by atoms with Crippen LogP contribution in [0.1, 0.15) is 12.0 Å². The Morgan fingerprint density at radius 2 is 1.80 bits per heavy atom. The van der Waals surface area contributed by atoms with Gasteiger partial charge in [-0.2, -0.15) is 0 Å². The van der Waals surface area contributed by atoms with Crippen LogP contribution in [0.15, 0.2) is 59.0 Å². The van der Waals surface area contributed by atoms with E-state index < -0.39 is 0 Å². The van der Waals surface area contributed by atoms with Crippen LogP contribution in [0.25, 0.3) is 10.2 Å². The summed E-state index contributed by atoms with van der Waals surface area (Å²) < 4.78 is 1.92. The average Bonchev–Trinajstić information content (AvgIpc) is 3.50. The number of allylic oxidation sites excluding steroid dienone is 2. The zero-order chi connectivity index (χ0) is 20.4. The Balaban J connectivity index is 1.26. The van der Waals surface area contributed by atoms with Crippen LogP contribution >= 0.6 is 34.7 Å². The fourth-order valence-corrected chi connectivity index (χ4v) is 7.39. The Morgan fingerprint density at radius 1 is 1.07 bits per heavy atom. The van der Waals surface area contributed by atoms with E-state index in [0.717, 1.165) is 37.3 Å². The van der Waals surface area contributed by atoms with E-state index in [1.807, 2.05) is 42.5 Å². The molecule has 0 spiro atoms. The molecule has 150 valence electrons. The lowest BCUT2D eigenvalue weighted by Gasteiger charge is -2.17. The van der Waals surface area contributed by atoms with E-state index >= 15 is 0 Å². The minimum absolute atomic E-state index is 0.0426. The van der Waals surface area contributed by atoms with Gasteiger partial charge in [-0.05, 0) is 48.1 Å². The van der Waals surface area contributed by atoms with Crippen LogP contribution in [-0.4, -0.2) is 16.8 Å². The standard InChI is InChI=1S/C23H17ClN2O2S2/c24-16-4-2-1-3-14(16)11-29-23-25-17-8-7-15(10-18(17)30-23)26-21(27)19-12-5-6-13(9-12)20(19)22(26)28/h1-8,10,12-13,19-20H,9,11H2/t12-,13-,19-,20+/m0/s1. The number of hydrogen-bond donors (Lipinski definition) is 0. The molecule has 1 saturated heterocycles. The normalized spacial score (nSPS) is 26.9. The summed E-state index contributed by atoms with van der Waals surface area (Å²) in [4.78, 5) is 32.2. The number of benzene rings is 2. The second kappa shape index (κ2) is 6.94. The molecule has 0 N–H and O–H groups in total. The smallest absolute Gasteiger partial charge is 0.238 e. The largest absolute Gasteiger partial charge is 0.274 e. The lowest BCUT2D eigenvalue weighted by Crippen LogP contribution is -2.32. The van der Waals surface area contributed by atoms with Gasteiger partial charge in [0.15, 0.2) is 4.34 Å². The molecule has 2 amide bonds. The van der Waals surface area contributed by atoms with Crippen molar-refractivity contribution >= 4 is 62.4 Å². The van der Waals surface area contributed by atoms with Crippen molar-refractivity contribution in [3.05, 3.63) is 65.2 Å². The monoisotopic (exact) mass is 452 g/mol. The highest BCUT2D eigenvalue weighted by atomic mass is 35.5. The number of carbonyl (C=O) groups is 2. The van der Waals surface area contributed by atoms with Gasteiger partial charge in [-0.1, -0.05) is 53.7 Å². The van der Waals surface area contributed by atoms with Gasteiger partial charge in [-0.3, -0.25) is 9.59 Å². The van der Waals surface area contributed by atoms with Crippen LogP contribution in [0.2, 0.25) is 5.02 Å². The van der Waals surface area contributed by atoms with E-state index in [0.29, 0.717) is 5.69 Å². The number of amides is 2. The van der Waals surface area contributed by atoms with Gasteiger partial charge in [0.2, 0.25) is 11.8 Å². The Hall–Kier alpha value is -2.15. The van der Waals surface area contributed by atoms with Crippen molar-refractivity contribution in [1.82, 2.24) is 4.98 Å². The molecule has 1 aliphatic heterocycles. The van der Waals surface area contributed by atoms with Gasteiger partial charge in [-0.15, -0.1) is 11.3 Å². The maximum Gasteiger partial charge on any atom is 0.238 e. The molecule has 1 aromatic heterocycles. The number of rotatable bonds is 4. The lowest BCUT2D eigenvalue weighted by atomic mass is 9.85. The Kier molecular flexibility index (Phi) is 4.30. The molecule has 2 fully saturated rings.